The molecular formula is C47H82NO8P. The molecule has 0 amide bonds. The Balaban J connectivity index is 4.23. The highest BCUT2D eigenvalue weighted by Crippen LogP contribution is 2.43. The minimum absolute atomic E-state index is 0.0439. The van der Waals surface area contributed by atoms with Crippen molar-refractivity contribution in [2.24, 2.45) is 5.73 Å². The molecule has 0 aliphatic heterocycles. The Morgan fingerprint density at radius 3 is 1.37 bits per heavy atom. The first kappa shape index (κ1) is 54.5. The van der Waals surface area contributed by atoms with Crippen LogP contribution in [0, 0.1) is 0 Å². The fraction of sp³-hybridized carbons (Fsp3) is 0.702. The number of rotatable bonds is 41. The average Bonchev–Trinajstić information content (AvgIpc) is 3.20. The van der Waals surface area contributed by atoms with Crippen LogP contribution in [0.2, 0.25) is 0 Å². The van der Waals surface area contributed by atoms with Gasteiger partial charge in [-0.05, 0) is 89.9 Å². The highest BCUT2D eigenvalue weighted by molar-refractivity contribution is 7.47. The summed E-state index contributed by atoms with van der Waals surface area (Å²) in [7, 11) is -4.39. The van der Waals surface area contributed by atoms with Gasteiger partial charge < -0.3 is 20.1 Å². The molecule has 0 aromatic rings. The first-order valence-electron chi connectivity index (χ1n) is 22.4. The highest BCUT2D eigenvalue weighted by Gasteiger charge is 2.26. The molecule has 0 aromatic heterocycles. The van der Waals surface area contributed by atoms with Crippen LogP contribution in [0.3, 0.4) is 0 Å². The lowest BCUT2D eigenvalue weighted by molar-refractivity contribution is -0.161. The molecule has 0 fully saturated rings. The fourth-order valence-corrected chi connectivity index (χ4v) is 6.47. The maximum Gasteiger partial charge on any atom is 0.472 e. The minimum atomic E-state index is -4.39. The molecule has 0 aromatic carbocycles. The van der Waals surface area contributed by atoms with E-state index in [0.29, 0.717) is 12.8 Å². The zero-order chi connectivity index (χ0) is 41.8. The van der Waals surface area contributed by atoms with Crippen LogP contribution >= 0.6 is 7.82 Å². The third-order valence-corrected chi connectivity index (χ3v) is 10.0. The van der Waals surface area contributed by atoms with Crippen LogP contribution in [-0.4, -0.2) is 49.3 Å². The first-order valence-corrected chi connectivity index (χ1v) is 23.9. The number of unbranched alkanes of at least 4 members (excludes halogenated alkanes) is 16. The summed E-state index contributed by atoms with van der Waals surface area (Å²) in [6, 6.07) is 0. The van der Waals surface area contributed by atoms with E-state index in [0.717, 1.165) is 70.6 Å². The number of phosphoric ester groups is 1. The van der Waals surface area contributed by atoms with E-state index in [-0.39, 0.29) is 32.6 Å². The molecule has 0 aliphatic rings. The van der Waals surface area contributed by atoms with Crippen molar-refractivity contribution < 1.29 is 37.6 Å². The average molecular weight is 820 g/mol. The summed E-state index contributed by atoms with van der Waals surface area (Å²) in [4.78, 5) is 34.9. The Hall–Kier alpha value is -2.55. The van der Waals surface area contributed by atoms with Crippen molar-refractivity contribution in [2.45, 2.75) is 187 Å². The van der Waals surface area contributed by atoms with Crippen molar-refractivity contribution in [1.82, 2.24) is 0 Å². The SMILES string of the molecule is CCCCC/C=C\C/C=C\C/C=C\C/C=C\CCCCCC(=O)OC[C@H](COP(=O)(O)OCCN)OC(=O)CCCCCCCCC/C=C\C/C=C\CCCCC. The second kappa shape index (κ2) is 43.0. The molecular weight excluding hydrogens is 737 g/mol. The summed E-state index contributed by atoms with van der Waals surface area (Å²) in [5, 5.41) is 0. The quantitative estimate of drug-likeness (QED) is 0.0267. The summed E-state index contributed by atoms with van der Waals surface area (Å²) in [6.45, 7) is 3.62. The maximum absolute atomic E-state index is 12.6. The van der Waals surface area contributed by atoms with Gasteiger partial charge in [0, 0.05) is 19.4 Å². The van der Waals surface area contributed by atoms with Gasteiger partial charge in [0.15, 0.2) is 6.10 Å². The summed E-state index contributed by atoms with van der Waals surface area (Å²) in [6.07, 6.45) is 52.1. The number of nitrogens with two attached hydrogens (primary N) is 1. The number of allylic oxidation sites excluding steroid dienone is 12. The zero-order valence-electron chi connectivity index (χ0n) is 36.0. The molecule has 0 spiro atoms. The Morgan fingerprint density at radius 1 is 0.526 bits per heavy atom. The number of hydrogen-bond donors (Lipinski definition) is 2. The maximum atomic E-state index is 12.6. The molecule has 3 N–H and O–H groups in total. The predicted molar refractivity (Wildman–Crippen MR) is 238 cm³/mol. The molecule has 0 bridgehead atoms. The Kier molecular flexibility index (Phi) is 41.1. The van der Waals surface area contributed by atoms with E-state index in [2.05, 4.69) is 86.8 Å². The third kappa shape index (κ3) is 42.9. The fourth-order valence-electron chi connectivity index (χ4n) is 5.71. The van der Waals surface area contributed by atoms with Gasteiger partial charge in [0.25, 0.3) is 0 Å². The van der Waals surface area contributed by atoms with Crippen LogP contribution in [0.15, 0.2) is 72.9 Å². The number of esters is 2. The third-order valence-electron chi connectivity index (χ3n) is 9.06. The molecule has 0 saturated heterocycles. The number of hydrogen-bond acceptors (Lipinski definition) is 8. The van der Waals surface area contributed by atoms with Crippen LogP contribution in [0.4, 0.5) is 0 Å². The van der Waals surface area contributed by atoms with Gasteiger partial charge in [-0.1, -0.05) is 151 Å². The van der Waals surface area contributed by atoms with Crippen molar-refractivity contribution in [3.8, 4) is 0 Å². The normalized spacial score (nSPS) is 14.0. The molecule has 1 unspecified atom stereocenters. The minimum Gasteiger partial charge on any atom is -0.462 e. The van der Waals surface area contributed by atoms with Crippen molar-refractivity contribution >= 4 is 19.8 Å². The number of phosphoric acid groups is 1. The van der Waals surface area contributed by atoms with Crippen LogP contribution < -0.4 is 5.73 Å². The molecule has 328 valence electrons. The Labute approximate surface area is 348 Å². The van der Waals surface area contributed by atoms with Crippen molar-refractivity contribution in [3.05, 3.63) is 72.9 Å². The Bertz CT molecular complexity index is 1160. The van der Waals surface area contributed by atoms with Gasteiger partial charge in [-0.3, -0.25) is 18.6 Å². The van der Waals surface area contributed by atoms with E-state index in [4.69, 9.17) is 24.3 Å². The van der Waals surface area contributed by atoms with Crippen LogP contribution in [-0.2, 0) is 32.7 Å². The lowest BCUT2D eigenvalue weighted by Gasteiger charge is -2.19. The number of carbonyl (C=O) groups excluding carboxylic acids is 2. The molecule has 0 heterocycles. The zero-order valence-corrected chi connectivity index (χ0v) is 36.9. The van der Waals surface area contributed by atoms with Gasteiger partial charge in [0.2, 0.25) is 0 Å². The van der Waals surface area contributed by atoms with Gasteiger partial charge in [0.1, 0.15) is 6.61 Å². The molecule has 0 aliphatic carbocycles. The molecule has 57 heavy (non-hydrogen) atoms. The summed E-state index contributed by atoms with van der Waals surface area (Å²) >= 11 is 0. The second-order valence-electron chi connectivity index (χ2n) is 14.6. The second-order valence-corrected chi connectivity index (χ2v) is 16.0. The molecule has 0 radical (unpaired) electrons. The van der Waals surface area contributed by atoms with Gasteiger partial charge >= 0.3 is 19.8 Å². The first-order chi connectivity index (χ1) is 27.8. The van der Waals surface area contributed by atoms with Crippen LogP contribution in [0.5, 0.6) is 0 Å². The van der Waals surface area contributed by atoms with E-state index in [1.807, 2.05) is 0 Å². The van der Waals surface area contributed by atoms with E-state index < -0.39 is 32.5 Å². The smallest absolute Gasteiger partial charge is 0.462 e. The van der Waals surface area contributed by atoms with E-state index in [1.54, 1.807) is 0 Å². The molecule has 9 nitrogen and oxygen atoms in total. The standard InChI is InChI=1S/C47H82NO8P/c1-3-5-7-9-11-13-15-17-19-21-22-24-25-27-29-31-33-35-37-39-46(49)53-43-45(44-55-57(51,52)54-42-41-48)56-47(50)40-38-36-34-32-30-28-26-23-20-18-16-14-12-10-8-6-4-2/h11-14,17-20,22,24,27,29,45H,3-10,15-16,21,23,25-26,28,30-44,48H2,1-2H3,(H,51,52)/b13-11-,14-12-,19-17-,20-18-,24-22-,29-27-/t45-/m1/s1. The van der Waals surface area contributed by atoms with Gasteiger partial charge in [-0.15, -0.1) is 0 Å². The lowest BCUT2D eigenvalue weighted by atomic mass is 10.1. The summed E-state index contributed by atoms with van der Waals surface area (Å²) in [5.74, 6) is -0.878. The molecule has 2 atom stereocenters. The van der Waals surface area contributed by atoms with E-state index in [9.17, 15) is 19.0 Å². The predicted octanol–water partition coefficient (Wildman–Crippen LogP) is 13.1. The van der Waals surface area contributed by atoms with Gasteiger partial charge in [-0.2, -0.15) is 0 Å². The van der Waals surface area contributed by atoms with Crippen molar-refractivity contribution in [3.63, 3.8) is 0 Å². The Morgan fingerprint density at radius 2 is 0.912 bits per heavy atom. The van der Waals surface area contributed by atoms with Crippen molar-refractivity contribution in [1.29, 1.82) is 0 Å². The lowest BCUT2D eigenvalue weighted by Crippen LogP contribution is -2.29. The monoisotopic (exact) mass is 820 g/mol. The molecule has 0 saturated carbocycles. The van der Waals surface area contributed by atoms with Crippen LogP contribution in [0.25, 0.3) is 0 Å². The molecule has 0 rings (SSSR count). The summed E-state index contributed by atoms with van der Waals surface area (Å²) < 4.78 is 32.8. The number of carbonyl (C=O) groups is 2. The highest BCUT2D eigenvalue weighted by atomic mass is 31.2. The van der Waals surface area contributed by atoms with Gasteiger partial charge in [0.05, 0.1) is 13.2 Å². The summed E-state index contributed by atoms with van der Waals surface area (Å²) in [5.41, 5.74) is 5.35. The van der Waals surface area contributed by atoms with Gasteiger partial charge in [-0.25, -0.2) is 4.57 Å². The van der Waals surface area contributed by atoms with Crippen molar-refractivity contribution in [2.75, 3.05) is 26.4 Å². The number of ether oxygens (including phenoxy) is 2. The topological polar surface area (TPSA) is 134 Å². The van der Waals surface area contributed by atoms with Crippen LogP contribution in [0.1, 0.15) is 181 Å². The van der Waals surface area contributed by atoms with E-state index >= 15 is 0 Å². The molecule has 10 heteroatoms. The largest absolute Gasteiger partial charge is 0.472 e. The van der Waals surface area contributed by atoms with E-state index in [1.165, 1.54) is 70.6 Å².